The summed E-state index contributed by atoms with van der Waals surface area (Å²) < 4.78 is 107. The number of benzene rings is 3. The molecule has 1 N–H and O–H groups in total. The van der Waals surface area contributed by atoms with Crippen LogP contribution in [0.2, 0.25) is 0 Å². The van der Waals surface area contributed by atoms with Crippen LogP contribution in [0.4, 0.5) is 31.1 Å². The Bertz CT molecular complexity index is 1840. The molecule has 10 nitrogen and oxygen atoms in total. The summed E-state index contributed by atoms with van der Waals surface area (Å²) >= 11 is 0. The van der Waals surface area contributed by atoms with Crippen molar-refractivity contribution >= 4 is 18.0 Å². The van der Waals surface area contributed by atoms with Crippen LogP contribution in [0.5, 0.6) is 11.5 Å². The molecule has 0 saturated carbocycles. The van der Waals surface area contributed by atoms with Gasteiger partial charge in [-0.15, -0.1) is 0 Å². The van der Waals surface area contributed by atoms with Crippen molar-refractivity contribution < 1.29 is 59.7 Å². The lowest BCUT2D eigenvalue weighted by molar-refractivity contribution is -0.00301. The summed E-state index contributed by atoms with van der Waals surface area (Å²) in [6.07, 6.45) is -1.39. The van der Waals surface area contributed by atoms with Gasteiger partial charge in [0.15, 0.2) is 0 Å². The molecule has 0 aromatic heterocycles. The van der Waals surface area contributed by atoms with Crippen LogP contribution in [0.15, 0.2) is 30.3 Å². The molecule has 288 valence electrons. The van der Waals surface area contributed by atoms with Gasteiger partial charge in [-0.2, -0.15) is 8.78 Å². The summed E-state index contributed by atoms with van der Waals surface area (Å²) in [5, 5.41) is 2.59. The van der Waals surface area contributed by atoms with Crippen LogP contribution in [0.1, 0.15) is 71.2 Å². The van der Waals surface area contributed by atoms with E-state index in [2.05, 4.69) is 10.1 Å². The number of nitrogens with one attached hydrogen (secondary N) is 1. The number of carbonyl (C=O) groups excluding carboxylic acids is 3. The summed E-state index contributed by atoms with van der Waals surface area (Å²) in [5.74, 6) is -16.5. The van der Waals surface area contributed by atoms with Crippen LogP contribution in [0.25, 0.3) is 0 Å². The Labute approximate surface area is 302 Å². The molecular formula is C37H41F6N3O7. The molecule has 2 atom stereocenters. The van der Waals surface area contributed by atoms with Gasteiger partial charge in [-0.1, -0.05) is 12.1 Å². The first-order valence-electron chi connectivity index (χ1n) is 16.6. The van der Waals surface area contributed by atoms with E-state index in [9.17, 15) is 40.7 Å². The number of esters is 1. The zero-order chi connectivity index (χ0) is 39.4. The van der Waals surface area contributed by atoms with Crippen molar-refractivity contribution in [3.05, 3.63) is 93.1 Å². The third-order valence-corrected chi connectivity index (χ3v) is 8.35. The standard InChI is InChI=1S/C37H41F6N3O7/c1-19-8-9-22(15-25(19)38)27(18-45-11-12-46(21(3)17-45)36(49)53-37(4,5)6)51-26-14-20(2)23(16-24(26)34(47)44-10-13-50-7)35(48)52-33-31(42)29(40)28(39)30(41)32(33)43/h8-9,14-16,21,27H,10-13,17-18H2,1-7H3,(H,44,47)/t21-,27-/m1/s1. The Kier molecular flexibility index (Phi) is 13.0. The van der Waals surface area contributed by atoms with Crippen LogP contribution in [-0.2, 0) is 9.47 Å². The molecule has 3 aromatic carbocycles. The number of halogens is 6. The van der Waals surface area contributed by atoms with E-state index in [-0.39, 0.29) is 42.6 Å². The maximum Gasteiger partial charge on any atom is 0.410 e. The predicted octanol–water partition coefficient (Wildman–Crippen LogP) is 6.79. The molecule has 1 fully saturated rings. The highest BCUT2D eigenvalue weighted by molar-refractivity contribution is 6.01. The van der Waals surface area contributed by atoms with Crippen molar-refractivity contribution in [1.29, 1.82) is 0 Å². The fourth-order valence-corrected chi connectivity index (χ4v) is 5.56. The normalized spacial score (nSPS) is 15.6. The smallest absolute Gasteiger partial charge is 0.410 e. The monoisotopic (exact) mass is 753 g/mol. The number of methoxy groups -OCH3 is 1. The molecule has 1 saturated heterocycles. The van der Waals surface area contributed by atoms with Gasteiger partial charge < -0.3 is 29.2 Å². The maximum absolute atomic E-state index is 14.9. The van der Waals surface area contributed by atoms with Crippen LogP contribution in [0.3, 0.4) is 0 Å². The number of ether oxygens (including phenoxy) is 4. The number of hydrogen-bond acceptors (Lipinski definition) is 8. The van der Waals surface area contributed by atoms with Gasteiger partial charge >= 0.3 is 12.1 Å². The van der Waals surface area contributed by atoms with E-state index in [0.717, 1.165) is 6.07 Å². The Morgan fingerprint density at radius 2 is 1.53 bits per heavy atom. The third-order valence-electron chi connectivity index (χ3n) is 8.35. The highest BCUT2D eigenvalue weighted by Crippen LogP contribution is 2.33. The van der Waals surface area contributed by atoms with Crippen molar-refractivity contribution in [3.8, 4) is 11.5 Å². The number of nitrogens with zero attached hydrogens (tertiary/aromatic N) is 2. The van der Waals surface area contributed by atoms with Gasteiger partial charge in [0, 0.05) is 45.9 Å². The molecule has 4 rings (SSSR count). The third kappa shape index (κ3) is 9.79. The largest absolute Gasteiger partial charge is 0.484 e. The summed E-state index contributed by atoms with van der Waals surface area (Å²) in [4.78, 5) is 43.1. The van der Waals surface area contributed by atoms with Gasteiger partial charge in [-0.3, -0.25) is 9.69 Å². The minimum absolute atomic E-state index is 0.0133. The first-order valence-corrected chi connectivity index (χ1v) is 16.6. The molecule has 3 aromatic rings. The van der Waals surface area contributed by atoms with Crippen LogP contribution >= 0.6 is 0 Å². The van der Waals surface area contributed by atoms with Gasteiger partial charge in [-0.05, 0) is 76.4 Å². The van der Waals surface area contributed by atoms with E-state index >= 15 is 0 Å². The van der Waals surface area contributed by atoms with E-state index < -0.39 is 75.9 Å². The number of amides is 2. The van der Waals surface area contributed by atoms with Gasteiger partial charge in [-0.25, -0.2) is 27.2 Å². The predicted molar refractivity (Wildman–Crippen MR) is 180 cm³/mol. The van der Waals surface area contributed by atoms with Crippen LogP contribution in [0, 0.1) is 48.8 Å². The van der Waals surface area contributed by atoms with Crippen molar-refractivity contribution in [3.63, 3.8) is 0 Å². The molecule has 0 bridgehead atoms. The first kappa shape index (κ1) is 40.9. The zero-order valence-corrected chi connectivity index (χ0v) is 30.3. The molecule has 1 aliphatic heterocycles. The van der Waals surface area contributed by atoms with Crippen LogP contribution < -0.4 is 14.8 Å². The van der Waals surface area contributed by atoms with E-state index in [1.54, 1.807) is 44.7 Å². The fraction of sp³-hybridized carbons (Fsp3) is 0.432. The quantitative estimate of drug-likeness (QED) is 0.0570. The number of piperazine rings is 1. The molecule has 0 spiro atoms. The minimum Gasteiger partial charge on any atom is -0.484 e. The highest BCUT2D eigenvalue weighted by Gasteiger charge is 2.34. The summed E-state index contributed by atoms with van der Waals surface area (Å²) in [6, 6.07) is 6.50. The van der Waals surface area contributed by atoms with Gasteiger partial charge in [0.1, 0.15) is 23.3 Å². The molecular weight excluding hydrogens is 712 g/mol. The van der Waals surface area contributed by atoms with Crippen molar-refractivity contribution in [2.75, 3.05) is 46.4 Å². The molecule has 0 radical (unpaired) electrons. The van der Waals surface area contributed by atoms with Gasteiger partial charge in [0.25, 0.3) is 5.91 Å². The number of aryl methyl sites for hydroxylation is 2. The Morgan fingerprint density at radius 1 is 0.887 bits per heavy atom. The average Bonchev–Trinajstić information content (AvgIpc) is 3.08. The van der Waals surface area contributed by atoms with Crippen molar-refractivity contribution in [2.24, 2.45) is 0 Å². The van der Waals surface area contributed by atoms with Crippen molar-refractivity contribution in [1.82, 2.24) is 15.1 Å². The maximum atomic E-state index is 14.9. The SMILES string of the molecule is COCCNC(=O)c1cc(C(=O)Oc2c(F)c(F)c(F)c(F)c2F)c(C)cc1O[C@H](CN1CCN(C(=O)OC(C)(C)C)[C@H](C)C1)c1ccc(C)c(F)c1. The Balaban J connectivity index is 1.71. The molecule has 2 amide bonds. The zero-order valence-electron chi connectivity index (χ0n) is 30.3. The Hall–Kier alpha value is -4.83. The molecule has 16 heteroatoms. The summed E-state index contributed by atoms with van der Waals surface area (Å²) in [5.41, 5.74) is -0.606. The second kappa shape index (κ2) is 16.9. The van der Waals surface area contributed by atoms with Crippen LogP contribution in [-0.4, -0.2) is 85.9 Å². The van der Waals surface area contributed by atoms with Crippen molar-refractivity contribution in [2.45, 2.75) is 59.3 Å². The fourth-order valence-electron chi connectivity index (χ4n) is 5.56. The highest BCUT2D eigenvalue weighted by atomic mass is 19.2. The molecule has 0 unspecified atom stereocenters. The lowest BCUT2D eigenvalue weighted by Gasteiger charge is -2.41. The molecule has 1 aliphatic rings. The van der Waals surface area contributed by atoms with E-state index in [4.69, 9.17) is 14.2 Å². The number of carbonyl (C=O) groups is 3. The first-order chi connectivity index (χ1) is 24.8. The molecule has 53 heavy (non-hydrogen) atoms. The lowest BCUT2D eigenvalue weighted by atomic mass is 10.0. The van der Waals surface area contributed by atoms with E-state index in [1.807, 2.05) is 11.8 Å². The number of rotatable bonds is 11. The second-order valence-corrected chi connectivity index (χ2v) is 13.6. The van der Waals surface area contributed by atoms with Gasteiger partial charge in [0.05, 0.1) is 17.7 Å². The summed E-state index contributed by atoms with van der Waals surface area (Å²) in [7, 11) is 1.40. The Morgan fingerprint density at radius 3 is 2.11 bits per heavy atom. The van der Waals surface area contributed by atoms with Gasteiger partial charge in [0.2, 0.25) is 34.8 Å². The molecule has 1 heterocycles. The van der Waals surface area contributed by atoms with E-state index in [0.29, 0.717) is 30.8 Å². The lowest BCUT2D eigenvalue weighted by Crippen LogP contribution is -2.55. The second-order valence-electron chi connectivity index (χ2n) is 13.6. The summed E-state index contributed by atoms with van der Waals surface area (Å²) in [6.45, 7) is 11.5. The number of hydrogen-bond donors (Lipinski definition) is 1. The minimum atomic E-state index is -2.44. The topological polar surface area (TPSA) is 107 Å². The van der Waals surface area contributed by atoms with E-state index in [1.165, 1.54) is 26.2 Å². The average molecular weight is 754 g/mol. The molecule has 0 aliphatic carbocycles.